The zero-order valence-electron chi connectivity index (χ0n) is 14.1. The number of carbonyl (C=O) groups excluding carboxylic acids is 2. The van der Waals surface area contributed by atoms with Crippen LogP contribution in [0, 0.1) is 25.2 Å². The largest absolute Gasteiger partial charge is 0.319 e. The molecular formula is C20H20N2O2. The van der Waals surface area contributed by atoms with Crippen molar-refractivity contribution in [3.05, 3.63) is 64.7 Å². The number of nitrogens with one attached hydrogen (secondary N) is 1. The van der Waals surface area contributed by atoms with Gasteiger partial charge in [0.05, 0.1) is 6.07 Å². The van der Waals surface area contributed by atoms with Gasteiger partial charge in [-0.3, -0.25) is 9.59 Å². The molecule has 1 atom stereocenters. The molecule has 24 heavy (non-hydrogen) atoms. The number of Topliss-reactive ketones (excluding diaryl/α,β-unsaturated/α-hetero) is 1. The highest BCUT2D eigenvalue weighted by atomic mass is 16.2. The van der Waals surface area contributed by atoms with E-state index in [4.69, 9.17) is 0 Å². The normalized spacial score (nSPS) is 11.4. The van der Waals surface area contributed by atoms with Gasteiger partial charge in [0.25, 0.3) is 5.91 Å². The van der Waals surface area contributed by atoms with Gasteiger partial charge in [-0.2, -0.15) is 5.26 Å². The van der Waals surface area contributed by atoms with Gasteiger partial charge in [-0.1, -0.05) is 55.0 Å². The Labute approximate surface area is 142 Å². The number of anilines is 1. The first-order valence-electron chi connectivity index (χ1n) is 7.87. The second kappa shape index (κ2) is 7.56. The number of carbonyl (C=O) groups is 2. The standard InChI is InChI=1S/C20H20N2O2/c1-4-15-7-5-6-14(3)18(15)22-20(24)19(23)17(12-21)16-10-8-13(2)9-11-16/h5-11,17H,4H2,1-3H3,(H,22,24). The number of hydrogen-bond donors (Lipinski definition) is 1. The third kappa shape index (κ3) is 3.69. The van der Waals surface area contributed by atoms with Crippen molar-refractivity contribution >= 4 is 17.4 Å². The topological polar surface area (TPSA) is 70.0 Å². The molecule has 1 unspecified atom stereocenters. The molecule has 0 bridgehead atoms. The molecule has 2 aromatic rings. The molecule has 0 heterocycles. The average Bonchev–Trinajstić information content (AvgIpc) is 2.58. The Morgan fingerprint density at radius 1 is 1.12 bits per heavy atom. The molecule has 4 heteroatoms. The predicted octanol–water partition coefficient (Wildman–Crippen LogP) is 3.68. The van der Waals surface area contributed by atoms with E-state index in [2.05, 4.69) is 5.32 Å². The Kier molecular flexibility index (Phi) is 5.49. The molecule has 2 rings (SSSR count). The maximum Gasteiger partial charge on any atom is 0.293 e. The van der Waals surface area contributed by atoms with Crippen LogP contribution in [0.2, 0.25) is 0 Å². The van der Waals surface area contributed by atoms with Gasteiger partial charge in [-0.05, 0) is 37.0 Å². The van der Waals surface area contributed by atoms with E-state index in [9.17, 15) is 14.9 Å². The smallest absolute Gasteiger partial charge is 0.293 e. The Morgan fingerprint density at radius 2 is 1.79 bits per heavy atom. The van der Waals surface area contributed by atoms with Crippen LogP contribution in [-0.2, 0) is 16.0 Å². The molecule has 122 valence electrons. The van der Waals surface area contributed by atoms with Gasteiger partial charge in [-0.25, -0.2) is 0 Å². The summed E-state index contributed by atoms with van der Waals surface area (Å²) in [6, 6.07) is 14.7. The number of nitrogens with zero attached hydrogens (tertiary/aromatic N) is 1. The third-order valence-corrected chi connectivity index (χ3v) is 4.00. The van der Waals surface area contributed by atoms with Gasteiger partial charge in [0.2, 0.25) is 5.78 Å². The van der Waals surface area contributed by atoms with E-state index in [1.54, 1.807) is 12.1 Å². The van der Waals surface area contributed by atoms with Gasteiger partial charge >= 0.3 is 0 Å². The highest BCUT2D eigenvalue weighted by molar-refractivity contribution is 6.43. The first-order chi connectivity index (χ1) is 11.5. The van der Waals surface area contributed by atoms with Crippen molar-refractivity contribution in [2.45, 2.75) is 33.1 Å². The molecule has 4 nitrogen and oxygen atoms in total. The van der Waals surface area contributed by atoms with E-state index < -0.39 is 17.6 Å². The van der Waals surface area contributed by atoms with Crippen LogP contribution in [-0.4, -0.2) is 11.7 Å². The van der Waals surface area contributed by atoms with Crippen LogP contribution >= 0.6 is 0 Å². The molecule has 0 spiro atoms. The van der Waals surface area contributed by atoms with E-state index in [-0.39, 0.29) is 0 Å². The minimum Gasteiger partial charge on any atom is -0.319 e. The average molecular weight is 320 g/mol. The molecule has 0 saturated heterocycles. The fraction of sp³-hybridized carbons (Fsp3) is 0.250. The summed E-state index contributed by atoms with van der Waals surface area (Å²) in [5.41, 5.74) is 4.06. The van der Waals surface area contributed by atoms with Crippen molar-refractivity contribution in [3.63, 3.8) is 0 Å². The minimum absolute atomic E-state index is 0.531. The molecule has 0 saturated carbocycles. The molecule has 1 N–H and O–H groups in total. The first kappa shape index (κ1) is 17.4. The summed E-state index contributed by atoms with van der Waals surface area (Å²) < 4.78 is 0. The van der Waals surface area contributed by atoms with Crippen LogP contribution in [0.25, 0.3) is 0 Å². The summed E-state index contributed by atoms with van der Waals surface area (Å²) >= 11 is 0. The lowest BCUT2D eigenvalue weighted by Gasteiger charge is -2.14. The minimum atomic E-state index is -1.10. The van der Waals surface area contributed by atoms with Crippen molar-refractivity contribution in [1.82, 2.24) is 0 Å². The van der Waals surface area contributed by atoms with Crippen molar-refractivity contribution in [2.24, 2.45) is 0 Å². The van der Waals surface area contributed by atoms with Gasteiger partial charge in [0, 0.05) is 5.69 Å². The van der Waals surface area contributed by atoms with E-state index in [1.165, 1.54) is 0 Å². The highest BCUT2D eigenvalue weighted by Crippen LogP contribution is 2.23. The number of rotatable bonds is 5. The number of nitriles is 1. The van der Waals surface area contributed by atoms with E-state index in [1.807, 2.05) is 57.2 Å². The lowest BCUT2D eigenvalue weighted by atomic mass is 9.94. The summed E-state index contributed by atoms with van der Waals surface area (Å²) in [5, 5.41) is 12.0. The summed E-state index contributed by atoms with van der Waals surface area (Å²) in [6.45, 7) is 5.78. The Morgan fingerprint density at radius 3 is 2.38 bits per heavy atom. The molecular weight excluding hydrogens is 300 g/mol. The number of benzene rings is 2. The maximum atomic E-state index is 12.4. The van der Waals surface area contributed by atoms with Crippen molar-refractivity contribution in [2.75, 3.05) is 5.32 Å². The third-order valence-electron chi connectivity index (χ3n) is 4.00. The van der Waals surface area contributed by atoms with Crippen LogP contribution in [0.4, 0.5) is 5.69 Å². The van der Waals surface area contributed by atoms with Crippen LogP contribution in [0.1, 0.15) is 35.1 Å². The molecule has 0 aliphatic rings. The fourth-order valence-corrected chi connectivity index (χ4v) is 2.55. The highest BCUT2D eigenvalue weighted by Gasteiger charge is 2.27. The first-order valence-corrected chi connectivity index (χ1v) is 7.87. The Hall–Kier alpha value is -2.93. The Bertz CT molecular complexity index is 801. The van der Waals surface area contributed by atoms with Gasteiger partial charge < -0.3 is 5.32 Å². The molecule has 0 radical (unpaired) electrons. The number of ketones is 1. The van der Waals surface area contributed by atoms with Crippen LogP contribution < -0.4 is 5.32 Å². The molecule has 2 aromatic carbocycles. The monoisotopic (exact) mass is 320 g/mol. The Balaban J connectivity index is 2.24. The van der Waals surface area contributed by atoms with Crippen LogP contribution in [0.5, 0.6) is 0 Å². The second-order valence-corrected chi connectivity index (χ2v) is 5.75. The summed E-state index contributed by atoms with van der Waals surface area (Å²) in [7, 11) is 0. The predicted molar refractivity (Wildman–Crippen MR) is 93.7 cm³/mol. The van der Waals surface area contributed by atoms with Crippen LogP contribution in [0.3, 0.4) is 0 Å². The number of hydrogen-bond acceptors (Lipinski definition) is 3. The van der Waals surface area contributed by atoms with Gasteiger partial charge in [0.15, 0.2) is 0 Å². The molecule has 0 aliphatic carbocycles. The lowest BCUT2D eigenvalue weighted by molar-refractivity contribution is -0.135. The second-order valence-electron chi connectivity index (χ2n) is 5.75. The zero-order chi connectivity index (χ0) is 17.7. The van der Waals surface area contributed by atoms with Crippen molar-refractivity contribution in [3.8, 4) is 6.07 Å². The number of aryl methyl sites for hydroxylation is 3. The van der Waals surface area contributed by atoms with Crippen molar-refractivity contribution < 1.29 is 9.59 Å². The van der Waals surface area contributed by atoms with E-state index in [0.29, 0.717) is 11.3 Å². The van der Waals surface area contributed by atoms with Crippen molar-refractivity contribution in [1.29, 1.82) is 5.26 Å². The molecule has 0 aromatic heterocycles. The van der Waals surface area contributed by atoms with Gasteiger partial charge in [-0.15, -0.1) is 0 Å². The number of amides is 1. The summed E-state index contributed by atoms with van der Waals surface area (Å²) in [4.78, 5) is 24.8. The van der Waals surface area contributed by atoms with Gasteiger partial charge in [0.1, 0.15) is 5.92 Å². The maximum absolute atomic E-state index is 12.4. The quantitative estimate of drug-likeness (QED) is 0.854. The van der Waals surface area contributed by atoms with Crippen LogP contribution in [0.15, 0.2) is 42.5 Å². The molecule has 0 fully saturated rings. The summed E-state index contributed by atoms with van der Waals surface area (Å²) in [6.07, 6.45) is 0.741. The molecule has 0 aliphatic heterocycles. The van der Waals surface area contributed by atoms with E-state index in [0.717, 1.165) is 23.1 Å². The fourth-order valence-electron chi connectivity index (χ4n) is 2.55. The molecule has 1 amide bonds. The number of para-hydroxylation sites is 1. The van der Waals surface area contributed by atoms with E-state index >= 15 is 0 Å². The SMILES string of the molecule is CCc1cccc(C)c1NC(=O)C(=O)C(C#N)c1ccc(C)cc1. The lowest BCUT2D eigenvalue weighted by Crippen LogP contribution is -2.28. The zero-order valence-corrected chi connectivity index (χ0v) is 14.1. The summed E-state index contributed by atoms with van der Waals surface area (Å²) in [5.74, 6) is -2.60.